The fourth-order valence-corrected chi connectivity index (χ4v) is 1.68. The maximum absolute atomic E-state index is 11.4. The molecular weight excluding hydrogens is 162 g/mol. The van der Waals surface area contributed by atoms with Gasteiger partial charge in [-0.2, -0.15) is 0 Å². The van der Waals surface area contributed by atoms with Gasteiger partial charge in [0, 0.05) is 19.5 Å². The van der Waals surface area contributed by atoms with Gasteiger partial charge in [0.2, 0.25) is 5.91 Å². The number of hydrogen-bond acceptors (Lipinski definition) is 1. The monoisotopic (exact) mass is 183 g/mol. The molecule has 0 aromatic heterocycles. The van der Waals surface area contributed by atoms with E-state index in [4.69, 9.17) is 0 Å². The summed E-state index contributed by atoms with van der Waals surface area (Å²) in [7, 11) is 0. The van der Waals surface area contributed by atoms with Gasteiger partial charge in [-0.05, 0) is 25.2 Å². The topological polar surface area (TPSA) is 20.3 Å². The molecule has 1 fully saturated rings. The first-order valence-electron chi connectivity index (χ1n) is 5.51. The second kappa shape index (κ2) is 5.25. The van der Waals surface area contributed by atoms with Crippen LogP contribution in [0.15, 0.2) is 0 Å². The molecule has 1 rings (SSSR count). The number of nitrogens with zero attached hydrogens (tertiary/aromatic N) is 1. The molecule has 1 aliphatic heterocycles. The van der Waals surface area contributed by atoms with Crippen LogP contribution in [0.5, 0.6) is 0 Å². The summed E-state index contributed by atoms with van der Waals surface area (Å²) in [6, 6.07) is 0. The molecule has 2 heteroatoms. The maximum atomic E-state index is 11.4. The summed E-state index contributed by atoms with van der Waals surface area (Å²) in [5.41, 5.74) is 0. The lowest BCUT2D eigenvalue weighted by Crippen LogP contribution is -2.36. The van der Waals surface area contributed by atoms with E-state index in [1.807, 2.05) is 4.90 Å². The van der Waals surface area contributed by atoms with Crippen molar-refractivity contribution in [2.75, 3.05) is 13.1 Å². The molecule has 0 N–H and O–H groups in total. The third kappa shape index (κ3) is 3.37. The first kappa shape index (κ1) is 10.6. The van der Waals surface area contributed by atoms with Crippen molar-refractivity contribution >= 4 is 5.91 Å². The molecule has 0 aromatic carbocycles. The first-order chi connectivity index (χ1) is 6.24. The van der Waals surface area contributed by atoms with Crippen molar-refractivity contribution in [1.29, 1.82) is 0 Å². The molecule has 1 unspecified atom stereocenters. The summed E-state index contributed by atoms with van der Waals surface area (Å²) in [6.07, 6.45) is 5.47. The highest BCUT2D eigenvalue weighted by Crippen LogP contribution is 2.13. The third-order valence-electron chi connectivity index (χ3n) is 3.01. The van der Waals surface area contributed by atoms with Gasteiger partial charge < -0.3 is 4.90 Å². The Hall–Kier alpha value is -0.530. The number of piperidine rings is 1. The minimum Gasteiger partial charge on any atom is -0.343 e. The van der Waals surface area contributed by atoms with Gasteiger partial charge in [0.15, 0.2) is 0 Å². The van der Waals surface area contributed by atoms with Crippen molar-refractivity contribution in [3.05, 3.63) is 0 Å². The fourth-order valence-electron chi connectivity index (χ4n) is 1.68. The largest absolute Gasteiger partial charge is 0.343 e. The van der Waals surface area contributed by atoms with Crippen LogP contribution >= 0.6 is 0 Å². The average molecular weight is 183 g/mol. The summed E-state index contributed by atoms with van der Waals surface area (Å²) in [6.45, 7) is 6.44. The average Bonchev–Trinajstić information content (AvgIpc) is 2.16. The number of hydrogen-bond donors (Lipinski definition) is 0. The smallest absolute Gasteiger partial charge is 0.222 e. The minimum atomic E-state index is 0.370. The summed E-state index contributed by atoms with van der Waals surface area (Å²) in [5.74, 6) is 1.13. The van der Waals surface area contributed by atoms with E-state index in [9.17, 15) is 4.79 Å². The molecule has 0 spiro atoms. The third-order valence-corrected chi connectivity index (χ3v) is 3.01. The van der Waals surface area contributed by atoms with E-state index in [2.05, 4.69) is 13.8 Å². The second-order valence-corrected chi connectivity index (χ2v) is 4.14. The van der Waals surface area contributed by atoms with Crippen LogP contribution in [0.3, 0.4) is 0 Å². The Kier molecular flexibility index (Phi) is 4.26. The Morgan fingerprint density at radius 1 is 1.46 bits per heavy atom. The van der Waals surface area contributed by atoms with Crippen LogP contribution in [0.4, 0.5) is 0 Å². The van der Waals surface area contributed by atoms with Gasteiger partial charge >= 0.3 is 0 Å². The van der Waals surface area contributed by atoms with Gasteiger partial charge in [-0.15, -0.1) is 0 Å². The van der Waals surface area contributed by atoms with Crippen molar-refractivity contribution in [3.63, 3.8) is 0 Å². The molecule has 2 nitrogen and oxygen atoms in total. The highest BCUT2D eigenvalue weighted by Gasteiger charge is 2.17. The minimum absolute atomic E-state index is 0.370. The predicted octanol–water partition coefficient (Wildman–Crippen LogP) is 2.44. The molecule has 1 saturated heterocycles. The molecule has 76 valence electrons. The van der Waals surface area contributed by atoms with Crippen LogP contribution in [0.1, 0.15) is 46.0 Å². The molecule has 0 saturated carbocycles. The molecular formula is C11H21NO. The lowest BCUT2D eigenvalue weighted by atomic mass is 10.0. The van der Waals surface area contributed by atoms with Crippen LogP contribution in [0, 0.1) is 5.92 Å². The van der Waals surface area contributed by atoms with Gasteiger partial charge in [-0.3, -0.25) is 4.79 Å². The van der Waals surface area contributed by atoms with Crippen molar-refractivity contribution in [3.8, 4) is 0 Å². The zero-order valence-electron chi connectivity index (χ0n) is 8.88. The lowest BCUT2D eigenvalue weighted by Gasteiger charge is -2.27. The summed E-state index contributed by atoms with van der Waals surface area (Å²) >= 11 is 0. The van der Waals surface area contributed by atoms with Crippen LogP contribution in [0.2, 0.25) is 0 Å². The van der Waals surface area contributed by atoms with Crippen LogP contribution in [-0.4, -0.2) is 23.9 Å². The standard InChI is InChI=1S/C11H21NO/c1-3-10(2)7-9-12-8-5-4-6-11(12)13/h10H,3-9H2,1-2H3. The van der Waals surface area contributed by atoms with Crippen molar-refractivity contribution in [2.45, 2.75) is 46.0 Å². The summed E-state index contributed by atoms with van der Waals surface area (Å²) < 4.78 is 0. The van der Waals surface area contributed by atoms with Crippen LogP contribution in [0.25, 0.3) is 0 Å². The Labute approximate surface area is 81.3 Å². The SMILES string of the molecule is CCC(C)CCN1CCCCC1=O. The van der Waals surface area contributed by atoms with E-state index in [1.54, 1.807) is 0 Å². The lowest BCUT2D eigenvalue weighted by molar-refractivity contribution is -0.133. The Balaban J connectivity index is 2.22. The number of carbonyl (C=O) groups excluding carboxylic acids is 1. The van der Waals surface area contributed by atoms with E-state index in [1.165, 1.54) is 19.3 Å². The number of carbonyl (C=O) groups is 1. The zero-order valence-corrected chi connectivity index (χ0v) is 8.88. The zero-order chi connectivity index (χ0) is 9.68. The van der Waals surface area contributed by atoms with Crippen molar-refractivity contribution in [2.24, 2.45) is 5.92 Å². The molecule has 1 aliphatic rings. The van der Waals surface area contributed by atoms with Gasteiger partial charge in [-0.1, -0.05) is 20.3 Å². The summed E-state index contributed by atoms with van der Waals surface area (Å²) in [5, 5.41) is 0. The molecule has 0 bridgehead atoms. The Bertz CT molecular complexity index is 167. The van der Waals surface area contributed by atoms with E-state index in [0.29, 0.717) is 5.91 Å². The van der Waals surface area contributed by atoms with Crippen LogP contribution < -0.4 is 0 Å². The molecule has 1 heterocycles. The van der Waals surface area contributed by atoms with Gasteiger partial charge in [0.1, 0.15) is 0 Å². The highest BCUT2D eigenvalue weighted by molar-refractivity contribution is 5.76. The predicted molar refractivity (Wildman–Crippen MR) is 54.5 cm³/mol. The number of amides is 1. The molecule has 1 amide bonds. The highest BCUT2D eigenvalue weighted by atomic mass is 16.2. The van der Waals surface area contributed by atoms with Gasteiger partial charge in [0.25, 0.3) is 0 Å². The molecule has 0 aliphatic carbocycles. The molecule has 1 atom stereocenters. The van der Waals surface area contributed by atoms with E-state index < -0.39 is 0 Å². The van der Waals surface area contributed by atoms with Crippen molar-refractivity contribution < 1.29 is 4.79 Å². The Morgan fingerprint density at radius 3 is 2.85 bits per heavy atom. The first-order valence-corrected chi connectivity index (χ1v) is 5.51. The molecule has 0 radical (unpaired) electrons. The normalized spacial score (nSPS) is 20.5. The quantitative estimate of drug-likeness (QED) is 0.655. The number of rotatable bonds is 4. The van der Waals surface area contributed by atoms with Crippen LogP contribution in [-0.2, 0) is 4.79 Å². The van der Waals surface area contributed by atoms with E-state index in [-0.39, 0.29) is 0 Å². The fraction of sp³-hybridized carbons (Fsp3) is 0.909. The van der Waals surface area contributed by atoms with Crippen molar-refractivity contribution in [1.82, 2.24) is 4.90 Å². The second-order valence-electron chi connectivity index (χ2n) is 4.14. The summed E-state index contributed by atoms with van der Waals surface area (Å²) in [4.78, 5) is 13.5. The van der Waals surface area contributed by atoms with E-state index in [0.717, 1.165) is 31.8 Å². The van der Waals surface area contributed by atoms with Gasteiger partial charge in [0.05, 0.1) is 0 Å². The maximum Gasteiger partial charge on any atom is 0.222 e. The van der Waals surface area contributed by atoms with Gasteiger partial charge in [-0.25, -0.2) is 0 Å². The molecule has 0 aromatic rings. The molecule has 13 heavy (non-hydrogen) atoms. The Morgan fingerprint density at radius 2 is 2.23 bits per heavy atom. The number of likely N-dealkylation sites (tertiary alicyclic amines) is 1. The van der Waals surface area contributed by atoms with E-state index >= 15 is 0 Å².